The number of aromatic nitrogens is 3. The molecule has 5 N–H and O–H groups in total. The molecule has 0 saturated carbocycles. The van der Waals surface area contributed by atoms with Crippen LogP contribution >= 0.6 is 11.8 Å². The van der Waals surface area contributed by atoms with Gasteiger partial charge < -0.3 is 25.7 Å². The number of nitrogens with two attached hydrogens (primary N) is 1. The molecule has 1 heterocycles. The van der Waals surface area contributed by atoms with Crippen LogP contribution in [0.5, 0.6) is 17.2 Å². The highest BCUT2D eigenvalue weighted by Gasteiger charge is 2.13. The fraction of sp³-hybridized carbons (Fsp3) is 0.158. The van der Waals surface area contributed by atoms with Crippen LogP contribution in [0.15, 0.2) is 52.7 Å². The van der Waals surface area contributed by atoms with E-state index in [2.05, 4.69) is 26.0 Å². The normalized spacial score (nSPS) is 10.8. The number of phenols is 1. The molecule has 0 aliphatic heterocycles. The van der Waals surface area contributed by atoms with Crippen LogP contribution in [-0.2, 0) is 4.79 Å². The van der Waals surface area contributed by atoms with E-state index in [1.165, 1.54) is 31.2 Å². The quantitative estimate of drug-likeness (QED) is 0.168. The summed E-state index contributed by atoms with van der Waals surface area (Å²) in [5, 5.41) is 24.8. The van der Waals surface area contributed by atoms with Crippen molar-refractivity contribution < 1.29 is 19.4 Å². The predicted octanol–water partition coefficient (Wildman–Crippen LogP) is 1.89. The molecule has 162 valence electrons. The van der Waals surface area contributed by atoms with Gasteiger partial charge in [0.2, 0.25) is 11.1 Å². The van der Waals surface area contributed by atoms with E-state index in [1.807, 2.05) is 6.07 Å². The molecule has 0 aliphatic rings. The Morgan fingerprint density at radius 1 is 1.23 bits per heavy atom. The zero-order valence-corrected chi connectivity index (χ0v) is 17.6. The molecule has 0 fully saturated rings. The molecule has 0 saturated heterocycles. The number of nitrogens with zero attached hydrogens (tertiary/aromatic N) is 4. The lowest BCUT2D eigenvalue weighted by Crippen LogP contribution is -2.17. The number of para-hydroxylation sites is 2. The number of benzene rings is 2. The van der Waals surface area contributed by atoms with Crippen LogP contribution in [0.3, 0.4) is 0 Å². The van der Waals surface area contributed by atoms with Crippen molar-refractivity contribution >= 4 is 35.5 Å². The molecule has 31 heavy (non-hydrogen) atoms. The zero-order valence-electron chi connectivity index (χ0n) is 16.8. The number of amides is 1. The Balaban J connectivity index is 1.55. The van der Waals surface area contributed by atoms with Gasteiger partial charge in [0.05, 0.1) is 31.9 Å². The number of methoxy groups -OCH3 is 2. The van der Waals surface area contributed by atoms with Gasteiger partial charge in [0.1, 0.15) is 5.75 Å². The van der Waals surface area contributed by atoms with Gasteiger partial charge in [0.15, 0.2) is 11.5 Å². The second-order valence-corrected chi connectivity index (χ2v) is 6.96. The maximum Gasteiger partial charge on any atom is 0.264 e. The summed E-state index contributed by atoms with van der Waals surface area (Å²) < 4.78 is 11.4. The summed E-state index contributed by atoms with van der Waals surface area (Å²) in [6.07, 6.45) is 1.47. The summed E-state index contributed by atoms with van der Waals surface area (Å²) in [5.74, 6) is 6.89. The maximum absolute atomic E-state index is 12.2. The van der Waals surface area contributed by atoms with Gasteiger partial charge in [0.25, 0.3) is 5.95 Å². The third-order valence-electron chi connectivity index (χ3n) is 3.96. The number of rotatable bonds is 9. The summed E-state index contributed by atoms with van der Waals surface area (Å²) >= 11 is 1.12. The first kappa shape index (κ1) is 21.8. The zero-order chi connectivity index (χ0) is 22.2. The summed E-state index contributed by atoms with van der Waals surface area (Å²) in [6, 6.07) is 12.0. The van der Waals surface area contributed by atoms with Crippen molar-refractivity contribution in [1.82, 2.24) is 14.9 Å². The lowest BCUT2D eigenvalue weighted by Gasteiger charge is -2.09. The number of carbonyl (C=O) groups is 1. The highest BCUT2D eigenvalue weighted by Crippen LogP contribution is 2.26. The molecule has 0 radical (unpaired) electrons. The van der Waals surface area contributed by atoms with E-state index in [0.717, 1.165) is 11.8 Å². The van der Waals surface area contributed by atoms with Crippen LogP contribution in [0.4, 0.5) is 11.6 Å². The van der Waals surface area contributed by atoms with E-state index in [1.54, 1.807) is 30.3 Å². The molecule has 0 atom stereocenters. The van der Waals surface area contributed by atoms with Gasteiger partial charge in [-0.15, -0.1) is 10.2 Å². The van der Waals surface area contributed by atoms with Crippen LogP contribution in [0.1, 0.15) is 5.56 Å². The van der Waals surface area contributed by atoms with Crippen molar-refractivity contribution in [2.45, 2.75) is 5.16 Å². The third-order valence-corrected chi connectivity index (χ3v) is 4.90. The predicted molar refractivity (Wildman–Crippen MR) is 118 cm³/mol. The molecular formula is C19H21N7O4S. The minimum atomic E-state index is -0.246. The minimum absolute atomic E-state index is 0.00136. The van der Waals surface area contributed by atoms with Crippen molar-refractivity contribution in [2.75, 3.05) is 36.6 Å². The SMILES string of the molecule is COc1ccc(/C=N/Nc2nnc(SCC(=O)Nc3ccccc3OC)n2N)cc1O. The van der Waals surface area contributed by atoms with Gasteiger partial charge in [-0.2, -0.15) is 5.10 Å². The molecule has 0 spiro atoms. The molecule has 3 aromatic rings. The number of hydrogen-bond donors (Lipinski definition) is 4. The van der Waals surface area contributed by atoms with Crippen LogP contribution in [0.2, 0.25) is 0 Å². The van der Waals surface area contributed by atoms with Gasteiger partial charge in [-0.1, -0.05) is 23.9 Å². The number of nitrogen functional groups attached to an aromatic ring is 1. The topological polar surface area (TPSA) is 149 Å². The third kappa shape index (κ3) is 5.57. The number of anilines is 2. The Morgan fingerprint density at radius 2 is 2.00 bits per heavy atom. The highest BCUT2D eigenvalue weighted by molar-refractivity contribution is 7.99. The van der Waals surface area contributed by atoms with Crippen molar-refractivity contribution in [2.24, 2.45) is 5.10 Å². The lowest BCUT2D eigenvalue weighted by molar-refractivity contribution is -0.113. The Hall–Kier alpha value is -3.93. The lowest BCUT2D eigenvalue weighted by atomic mass is 10.2. The smallest absolute Gasteiger partial charge is 0.264 e. The number of ether oxygens (including phenoxy) is 2. The standard InChI is InChI=1S/C19H21N7O4S/c1-29-15-6-4-3-5-13(15)22-17(28)11-31-19-25-24-18(26(19)20)23-21-10-12-7-8-16(30-2)14(27)9-12/h3-10,27H,11,20H2,1-2H3,(H,22,28)(H,23,24)/b21-10+. The first-order chi connectivity index (χ1) is 15.0. The number of nitrogens with one attached hydrogen (secondary N) is 2. The largest absolute Gasteiger partial charge is 0.504 e. The minimum Gasteiger partial charge on any atom is -0.504 e. The number of carbonyl (C=O) groups excluding carboxylic acids is 1. The second-order valence-electron chi connectivity index (χ2n) is 6.01. The molecule has 0 unspecified atom stereocenters. The van der Waals surface area contributed by atoms with Crippen LogP contribution in [-0.4, -0.2) is 52.1 Å². The van der Waals surface area contributed by atoms with Crippen molar-refractivity contribution in [3.63, 3.8) is 0 Å². The van der Waals surface area contributed by atoms with Crippen molar-refractivity contribution in [1.29, 1.82) is 0 Å². The van der Waals surface area contributed by atoms with E-state index in [-0.39, 0.29) is 23.4 Å². The average molecular weight is 443 g/mol. The van der Waals surface area contributed by atoms with Crippen molar-refractivity contribution in [3.05, 3.63) is 48.0 Å². The van der Waals surface area contributed by atoms with Gasteiger partial charge in [-0.05, 0) is 35.9 Å². The van der Waals surface area contributed by atoms with Gasteiger partial charge in [-0.25, -0.2) is 10.1 Å². The van der Waals surface area contributed by atoms with Gasteiger partial charge in [0, 0.05) is 0 Å². The first-order valence-corrected chi connectivity index (χ1v) is 9.92. The van der Waals surface area contributed by atoms with Crippen LogP contribution in [0, 0.1) is 0 Å². The Labute approximate surface area is 182 Å². The fourth-order valence-electron chi connectivity index (χ4n) is 2.47. The Kier molecular flexibility index (Phi) is 7.17. The number of phenolic OH excluding ortho intramolecular Hbond substituents is 1. The molecule has 0 aliphatic carbocycles. The van der Waals surface area contributed by atoms with Crippen LogP contribution in [0.25, 0.3) is 0 Å². The average Bonchev–Trinajstić information content (AvgIpc) is 3.12. The molecule has 0 bridgehead atoms. The molecule has 3 rings (SSSR count). The van der Waals surface area contributed by atoms with E-state index < -0.39 is 0 Å². The number of hydrazone groups is 1. The van der Waals surface area contributed by atoms with Crippen LogP contribution < -0.4 is 26.1 Å². The Bertz CT molecular complexity index is 1090. The van der Waals surface area contributed by atoms with E-state index in [9.17, 15) is 9.90 Å². The summed E-state index contributed by atoms with van der Waals surface area (Å²) in [5.41, 5.74) is 3.87. The van der Waals surface area contributed by atoms with Gasteiger partial charge >= 0.3 is 0 Å². The first-order valence-electron chi connectivity index (χ1n) is 8.94. The molecule has 1 amide bonds. The number of thioether (sulfide) groups is 1. The molecular weight excluding hydrogens is 422 g/mol. The molecule has 12 heteroatoms. The summed E-state index contributed by atoms with van der Waals surface area (Å²) in [6.45, 7) is 0. The highest BCUT2D eigenvalue weighted by atomic mass is 32.2. The summed E-state index contributed by atoms with van der Waals surface area (Å²) in [7, 11) is 3.00. The number of aromatic hydroxyl groups is 1. The molecule has 2 aromatic carbocycles. The summed E-state index contributed by atoms with van der Waals surface area (Å²) in [4.78, 5) is 12.2. The fourth-order valence-corrected chi connectivity index (χ4v) is 3.12. The van der Waals surface area contributed by atoms with Gasteiger partial charge in [-0.3, -0.25) is 4.79 Å². The monoisotopic (exact) mass is 443 g/mol. The van der Waals surface area contributed by atoms with E-state index in [4.69, 9.17) is 15.3 Å². The number of hydrogen-bond acceptors (Lipinski definition) is 10. The maximum atomic E-state index is 12.2. The molecule has 11 nitrogen and oxygen atoms in total. The van der Waals surface area contributed by atoms with Crippen molar-refractivity contribution in [3.8, 4) is 17.2 Å². The second kappa shape index (κ2) is 10.2. The van der Waals surface area contributed by atoms with E-state index in [0.29, 0.717) is 27.9 Å². The molecule has 1 aromatic heterocycles. The van der Waals surface area contributed by atoms with E-state index >= 15 is 0 Å². The Morgan fingerprint density at radius 3 is 2.74 bits per heavy atom.